The van der Waals surface area contributed by atoms with Gasteiger partial charge in [0.05, 0.1) is 24.8 Å². The minimum absolute atomic E-state index is 0.0947. The van der Waals surface area contributed by atoms with Crippen LogP contribution in [-0.4, -0.2) is 35.9 Å². The summed E-state index contributed by atoms with van der Waals surface area (Å²) in [7, 11) is 3.23. The highest BCUT2D eigenvalue weighted by atomic mass is 35.5. The van der Waals surface area contributed by atoms with Crippen molar-refractivity contribution >= 4 is 23.4 Å². The fraction of sp³-hybridized carbons (Fsp3) is 0.333. The third kappa shape index (κ3) is 2.45. The SMILES string of the molecule is COc1cc(Cl)c2c(c1OC)C(C)(C)N1CCc3cc(O)c(O)cc3C1=C2. The maximum Gasteiger partial charge on any atom is 0.166 e. The van der Waals surface area contributed by atoms with E-state index < -0.39 is 5.54 Å². The van der Waals surface area contributed by atoms with Crippen molar-refractivity contribution in [2.75, 3.05) is 20.8 Å². The highest BCUT2D eigenvalue weighted by Gasteiger charge is 2.42. The van der Waals surface area contributed by atoms with Crippen LogP contribution in [0.25, 0.3) is 11.8 Å². The maximum atomic E-state index is 10.0. The molecule has 2 N–H and O–H groups in total. The van der Waals surface area contributed by atoms with Crippen LogP contribution in [0.5, 0.6) is 23.0 Å². The molecule has 0 aliphatic carbocycles. The van der Waals surface area contributed by atoms with Crippen LogP contribution in [0.2, 0.25) is 5.02 Å². The van der Waals surface area contributed by atoms with Gasteiger partial charge < -0.3 is 24.6 Å². The third-order valence-electron chi connectivity index (χ3n) is 5.60. The normalized spacial score (nSPS) is 16.8. The summed E-state index contributed by atoms with van der Waals surface area (Å²) < 4.78 is 11.2. The molecule has 0 amide bonds. The zero-order valence-corrected chi connectivity index (χ0v) is 16.5. The number of hydrogen-bond acceptors (Lipinski definition) is 5. The molecule has 0 saturated heterocycles. The molecule has 0 spiro atoms. The highest BCUT2D eigenvalue weighted by Crippen LogP contribution is 2.53. The molecule has 2 aromatic carbocycles. The van der Waals surface area contributed by atoms with Crippen LogP contribution in [0.1, 0.15) is 36.1 Å². The van der Waals surface area contributed by atoms with E-state index in [2.05, 4.69) is 18.7 Å². The Labute approximate surface area is 163 Å². The molecule has 0 bridgehead atoms. The summed E-state index contributed by atoms with van der Waals surface area (Å²) in [5.41, 5.74) is 4.33. The highest BCUT2D eigenvalue weighted by molar-refractivity contribution is 6.32. The van der Waals surface area contributed by atoms with Crippen molar-refractivity contribution in [1.29, 1.82) is 0 Å². The van der Waals surface area contributed by atoms with E-state index in [0.29, 0.717) is 16.5 Å². The molecule has 0 aromatic heterocycles. The van der Waals surface area contributed by atoms with E-state index in [4.69, 9.17) is 21.1 Å². The number of hydrogen-bond donors (Lipinski definition) is 2. The lowest BCUT2D eigenvalue weighted by molar-refractivity contribution is 0.188. The molecular weight excluding hydrogens is 366 g/mol. The monoisotopic (exact) mass is 387 g/mol. The van der Waals surface area contributed by atoms with Gasteiger partial charge in [0.1, 0.15) is 0 Å². The van der Waals surface area contributed by atoms with Gasteiger partial charge in [0.15, 0.2) is 23.0 Å². The lowest BCUT2D eigenvalue weighted by Crippen LogP contribution is -2.46. The molecule has 2 aliphatic rings. The second kappa shape index (κ2) is 5.99. The zero-order chi connectivity index (χ0) is 19.5. The van der Waals surface area contributed by atoms with Gasteiger partial charge in [-0.2, -0.15) is 0 Å². The number of methoxy groups -OCH3 is 2. The smallest absolute Gasteiger partial charge is 0.166 e. The molecule has 2 aromatic rings. The standard InChI is InChI=1S/C21H22ClNO4/c1-21(2)19-13(14(22)10-18(26-3)20(19)27-4)8-15-12-9-17(25)16(24)7-11(12)5-6-23(15)21/h7-10,24-25H,5-6H2,1-4H3. The van der Waals surface area contributed by atoms with Crippen molar-refractivity contribution in [1.82, 2.24) is 4.90 Å². The van der Waals surface area contributed by atoms with Crippen LogP contribution in [0.15, 0.2) is 18.2 Å². The van der Waals surface area contributed by atoms with Gasteiger partial charge >= 0.3 is 0 Å². The van der Waals surface area contributed by atoms with E-state index in [1.165, 1.54) is 0 Å². The largest absolute Gasteiger partial charge is 0.504 e. The van der Waals surface area contributed by atoms with E-state index in [0.717, 1.165) is 40.9 Å². The number of rotatable bonds is 2. The van der Waals surface area contributed by atoms with Crippen molar-refractivity contribution in [3.8, 4) is 23.0 Å². The molecule has 2 heterocycles. The Balaban J connectivity index is 2.04. The first-order valence-electron chi connectivity index (χ1n) is 8.79. The molecule has 142 valence electrons. The summed E-state index contributed by atoms with van der Waals surface area (Å²) in [5, 5.41) is 20.5. The first-order valence-corrected chi connectivity index (χ1v) is 9.17. The summed E-state index contributed by atoms with van der Waals surface area (Å²) in [5.74, 6) is 1.06. The van der Waals surface area contributed by atoms with Crippen LogP contribution in [0, 0.1) is 0 Å². The molecule has 0 fully saturated rings. The third-order valence-corrected chi connectivity index (χ3v) is 5.91. The van der Waals surface area contributed by atoms with Crippen molar-refractivity contribution in [2.24, 2.45) is 0 Å². The van der Waals surface area contributed by atoms with Gasteiger partial charge in [0.2, 0.25) is 0 Å². The quantitative estimate of drug-likeness (QED) is 0.749. The maximum absolute atomic E-state index is 10.0. The predicted molar refractivity (Wildman–Crippen MR) is 106 cm³/mol. The number of halogens is 1. The number of nitrogens with zero attached hydrogens (tertiary/aromatic N) is 1. The second-order valence-electron chi connectivity index (χ2n) is 7.37. The Hall–Kier alpha value is -2.53. The van der Waals surface area contributed by atoms with Crippen molar-refractivity contribution < 1.29 is 19.7 Å². The Morgan fingerprint density at radius 1 is 1.07 bits per heavy atom. The Bertz CT molecular complexity index is 981. The van der Waals surface area contributed by atoms with Gasteiger partial charge in [-0.05, 0) is 44.0 Å². The Morgan fingerprint density at radius 3 is 2.44 bits per heavy atom. The molecule has 6 heteroatoms. The van der Waals surface area contributed by atoms with E-state index >= 15 is 0 Å². The van der Waals surface area contributed by atoms with E-state index in [1.54, 1.807) is 32.4 Å². The van der Waals surface area contributed by atoms with Gasteiger partial charge in [-0.1, -0.05) is 11.6 Å². The summed E-state index contributed by atoms with van der Waals surface area (Å²) in [6, 6.07) is 5.03. The summed E-state index contributed by atoms with van der Waals surface area (Å²) in [4.78, 5) is 2.28. The number of phenols is 2. The fourth-order valence-corrected chi connectivity index (χ4v) is 4.55. The second-order valence-corrected chi connectivity index (χ2v) is 7.78. The minimum Gasteiger partial charge on any atom is -0.504 e. The average molecular weight is 388 g/mol. The predicted octanol–water partition coefficient (Wildman–Crippen LogP) is 4.37. The molecular formula is C21H22ClNO4. The van der Waals surface area contributed by atoms with Crippen molar-refractivity contribution in [3.63, 3.8) is 0 Å². The van der Waals surface area contributed by atoms with Crippen LogP contribution < -0.4 is 9.47 Å². The molecule has 27 heavy (non-hydrogen) atoms. The Kier molecular flexibility index (Phi) is 3.96. The topological polar surface area (TPSA) is 62.2 Å². The van der Waals surface area contributed by atoms with Gasteiger partial charge in [0, 0.05) is 35.0 Å². The number of ether oxygens (including phenoxy) is 2. The molecule has 2 aliphatic heterocycles. The minimum atomic E-state index is -0.409. The van der Waals surface area contributed by atoms with Gasteiger partial charge in [-0.25, -0.2) is 0 Å². The van der Waals surface area contributed by atoms with Crippen molar-refractivity contribution in [3.05, 3.63) is 45.5 Å². The molecule has 0 atom stereocenters. The number of benzene rings is 2. The van der Waals surface area contributed by atoms with Crippen LogP contribution in [0.4, 0.5) is 0 Å². The number of phenolic OH excluding ortho intramolecular Hbond substituents is 2. The van der Waals surface area contributed by atoms with Crippen LogP contribution in [-0.2, 0) is 12.0 Å². The average Bonchev–Trinajstić information content (AvgIpc) is 2.63. The van der Waals surface area contributed by atoms with Crippen LogP contribution in [0.3, 0.4) is 0 Å². The molecule has 0 saturated carbocycles. The molecule has 0 unspecified atom stereocenters. The van der Waals surface area contributed by atoms with Gasteiger partial charge in [0.25, 0.3) is 0 Å². The lowest BCUT2D eigenvalue weighted by atomic mass is 9.79. The van der Waals surface area contributed by atoms with E-state index in [-0.39, 0.29) is 11.5 Å². The first-order chi connectivity index (χ1) is 12.8. The molecule has 5 nitrogen and oxygen atoms in total. The van der Waals surface area contributed by atoms with E-state index in [1.807, 2.05) is 6.08 Å². The molecule has 0 radical (unpaired) electrons. The summed E-state index contributed by atoms with van der Waals surface area (Å²) in [6.07, 6.45) is 2.79. The summed E-state index contributed by atoms with van der Waals surface area (Å²) in [6.45, 7) is 5.03. The fourth-order valence-electron chi connectivity index (χ4n) is 4.30. The van der Waals surface area contributed by atoms with Crippen molar-refractivity contribution in [2.45, 2.75) is 25.8 Å². The Morgan fingerprint density at radius 2 is 1.78 bits per heavy atom. The number of fused-ring (bicyclic) bond motifs is 4. The first kappa shape index (κ1) is 17.9. The van der Waals surface area contributed by atoms with Crippen LogP contribution >= 0.6 is 11.6 Å². The molecule has 4 rings (SSSR count). The summed E-state index contributed by atoms with van der Waals surface area (Å²) >= 11 is 6.61. The van der Waals surface area contributed by atoms with Gasteiger partial charge in [-0.3, -0.25) is 0 Å². The lowest BCUT2D eigenvalue weighted by Gasteiger charge is -2.49. The zero-order valence-electron chi connectivity index (χ0n) is 15.8. The number of aromatic hydroxyl groups is 2. The van der Waals surface area contributed by atoms with Gasteiger partial charge in [-0.15, -0.1) is 0 Å². The van der Waals surface area contributed by atoms with E-state index in [9.17, 15) is 10.2 Å².